The number of aliphatic hydroxyl groups is 1. The normalized spacial score (nSPS) is 12.5. The molecule has 0 bridgehead atoms. The van der Waals surface area contributed by atoms with Crippen LogP contribution in [-0.4, -0.2) is 22.3 Å². The molecule has 0 heterocycles. The van der Waals surface area contributed by atoms with Crippen LogP contribution in [0.4, 0.5) is 0 Å². The van der Waals surface area contributed by atoms with Gasteiger partial charge in [-0.25, -0.2) is 4.79 Å². The topological polar surface area (TPSA) is 57.5 Å². The summed E-state index contributed by atoms with van der Waals surface area (Å²) in [5.74, 6) is -1.21. The number of halogens is 2. The Balaban J connectivity index is 2.58. The minimum absolute atomic E-state index is 0.160. The van der Waals surface area contributed by atoms with Gasteiger partial charge in [-0.15, -0.1) is 0 Å². The quantitative estimate of drug-likeness (QED) is 0.861. The van der Waals surface area contributed by atoms with E-state index in [-0.39, 0.29) is 6.42 Å². The van der Waals surface area contributed by atoms with Gasteiger partial charge in [0.25, 0.3) is 0 Å². The fourth-order valence-corrected chi connectivity index (χ4v) is 1.44. The molecule has 1 rings (SSSR count). The minimum atomic E-state index is -1.33. The fourth-order valence-electron chi connectivity index (χ4n) is 1.12. The molecule has 5 heteroatoms. The summed E-state index contributed by atoms with van der Waals surface area (Å²) in [4.78, 5) is 10.3. The van der Waals surface area contributed by atoms with Gasteiger partial charge in [-0.3, -0.25) is 0 Å². The lowest BCUT2D eigenvalue weighted by Gasteiger charge is -2.06. The lowest BCUT2D eigenvalue weighted by molar-refractivity contribution is -0.146. The van der Waals surface area contributed by atoms with Crippen molar-refractivity contribution in [2.24, 2.45) is 0 Å². The molecule has 0 saturated heterocycles. The third kappa shape index (κ3) is 3.70. The van der Waals surface area contributed by atoms with Crippen LogP contribution in [0.2, 0.25) is 10.0 Å². The highest BCUT2D eigenvalue weighted by molar-refractivity contribution is 6.42. The number of rotatable bonds is 4. The van der Waals surface area contributed by atoms with E-state index in [0.29, 0.717) is 16.5 Å². The molecule has 0 aliphatic carbocycles. The second-order valence-electron chi connectivity index (χ2n) is 3.14. The molecular weight excluding hydrogens is 239 g/mol. The number of carboxylic acids is 1. The molecule has 2 N–H and O–H groups in total. The van der Waals surface area contributed by atoms with Crippen LogP contribution in [0.15, 0.2) is 18.2 Å². The van der Waals surface area contributed by atoms with Crippen LogP contribution in [0.3, 0.4) is 0 Å². The first-order valence-corrected chi connectivity index (χ1v) is 5.11. The molecule has 0 fully saturated rings. The molecule has 1 aromatic rings. The van der Waals surface area contributed by atoms with Crippen LogP contribution >= 0.6 is 23.2 Å². The van der Waals surface area contributed by atoms with Gasteiger partial charge in [0.2, 0.25) is 0 Å². The van der Waals surface area contributed by atoms with Gasteiger partial charge in [-0.05, 0) is 30.5 Å². The number of aryl methyl sites for hydroxylation is 1. The first-order valence-electron chi connectivity index (χ1n) is 4.35. The molecule has 3 nitrogen and oxygen atoms in total. The number of benzene rings is 1. The molecule has 0 saturated carbocycles. The largest absolute Gasteiger partial charge is 0.479 e. The molecule has 15 heavy (non-hydrogen) atoms. The number of hydrogen-bond donors (Lipinski definition) is 2. The predicted octanol–water partition coefficient (Wildman–Crippen LogP) is 2.37. The summed E-state index contributed by atoms with van der Waals surface area (Å²) < 4.78 is 0. The Morgan fingerprint density at radius 2 is 2.00 bits per heavy atom. The van der Waals surface area contributed by atoms with Crippen LogP contribution in [0.25, 0.3) is 0 Å². The van der Waals surface area contributed by atoms with Gasteiger partial charge in [0, 0.05) is 0 Å². The molecule has 0 spiro atoms. The summed E-state index contributed by atoms with van der Waals surface area (Å²) in [5.41, 5.74) is 0.852. The SMILES string of the molecule is O=C(O)[C@H](O)CCc1ccc(Cl)c(Cl)c1. The van der Waals surface area contributed by atoms with Crippen molar-refractivity contribution in [2.75, 3.05) is 0 Å². The second kappa shape index (κ2) is 5.35. The summed E-state index contributed by atoms with van der Waals surface area (Å²) in [6.45, 7) is 0. The minimum Gasteiger partial charge on any atom is -0.479 e. The van der Waals surface area contributed by atoms with Gasteiger partial charge in [0.1, 0.15) is 0 Å². The molecule has 0 radical (unpaired) electrons. The zero-order valence-corrected chi connectivity index (χ0v) is 9.29. The molecule has 1 atom stereocenters. The lowest BCUT2D eigenvalue weighted by Crippen LogP contribution is -2.19. The second-order valence-corrected chi connectivity index (χ2v) is 3.96. The summed E-state index contributed by atoms with van der Waals surface area (Å²) in [5, 5.41) is 18.4. The summed E-state index contributed by atoms with van der Waals surface area (Å²) in [6, 6.07) is 5.06. The van der Waals surface area contributed by atoms with E-state index in [9.17, 15) is 4.79 Å². The van der Waals surface area contributed by atoms with E-state index in [1.807, 2.05) is 0 Å². The Hall–Kier alpha value is -0.770. The molecule has 82 valence electrons. The standard InChI is InChI=1S/C10H10Cl2O3/c11-7-3-1-6(5-8(7)12)2-4-9(13)10(14)15/h1,3,5,9,13H,2,4H2,(H,14,15)/t9-/m1/s1. The first-order chi connectivity index (χ1) is 7.00. The van der Waals surface area contributed by atoms with Crippen molar-refractivity contribution in [1.82, 2.24) is 0 Å². The van der Waals surface area contributed by atoms with E-state index >= 15 is 0 Å². The maximum absolute atomic E-state index is 10.3. The Labute approximate surface area is 97.2 Å². The highest BCUT2D eigenvalue weighted by Gasteiger charge is 2.12. The molecule has 0 amide bonds. The van der Waals surface area contributed by atoms with Gasteiger partial charge >= 0.3 is 5.97 Å². The average Bonchev–Trinajstić information content (AvgIpc) is 2.19. The average molecular weight is 249 g/mol. The van der Waals surface area contributed by atoms with E-state index < -0.39 is 12.1 Å². The number of aliphatic hydroxyl groups excluding tert-OH is 1. The molecule has 0 aliphatic rings. The van der Waals surface area contributed by atoms with Crippen molar-refractivity contribution in [3.05, 3.63) is 33.8 Å². The Morgan fingerprint density at radius 1 is 1.33 bits per heavy atom. The van der Waals surface area contributed by atoms with Crippen molar-refractivity contribution < 1.29 is 15.0 Å². The van der Waals surface area contributed by atoms with Crippen molar-refractivity contribution in [1.29, 1.82) is 0 Å². The summed E-state index contributed by atoms with van der Waals surface area (Å²) in [7, 11) is 0. The van der Waals surface area contributed by atoms with E-state index in [4.69, 9.17) is 33.4 Å². The van der Waals surface area contributed by atoms with E-state index in [1.165, 1.54) is 0 Å². The number of hydrogen-bond acceptors (Lipinski definition) is 2. The van der Waals surface area contributed by atoms with Gasteiger partial charge in [-0.2, -0.15) is 0 Å². The summed E-state index contributed by atoms with van der Waals surface area (Å²) in [6.07, 6.45) is -0.725. The Bertz CT molecular complexity index is 366. The third-order valence-electron chi connectivity index (χ3n) is 1.98. The smallest absolute Gasteiger partial charge is 0.332 e. The maximum atomic E-state index is 10.3. The molecule has 0 unspecified atom stereocenters. The highest BCUT2D eigenvalue weighted by Crippen LogP contribution is 2.23. The van der Waals surface area contributed by atoms with Crippen molar-refractivity contribution >= 4 is 29.2 Å². The zero-order valence-electron chi connectivity index (χ0n) is 7.78. The molecule has 0 aromatic heterocycles. The lowest BCUT2D eigenvalue weighted by atomic mass is 10.1. The Kier molecular flexibility index (Phi) is 4.39. The monoisotopic (exact) mass is 248 g/mol. The number of carboxylic acid groups (broad SMARTS) is 1. The van der Waals surface area contributed by atoms with Crippen LogP contribution in [-0.2, 0) is 11.2 Å². The van der Waals surface area contributed by atoms with Crippen LogP contribution < -0.4 is 0 Å². The predicted molar refractivity (Wildman–Crippen MR) is 58.4 cm³/mol. The van der Waals surface area contributed by atoms with Crippen molar-refractivity contribution in [3.8, 4) is 0 Å². The molecule has 0 aliphatic heterocycles. The fraction of sp³-hybridized carbons (Fsp3) is 0.300. The van der Waals surface area contributed by atoms with Crippen LogP contribution in [0.1, 0.15) is 12.0 Å². The third-order valence-corrected chi connectivity index (χ3v) is 2.71. The molecule has 1 aromatic carbocycles. The Morgan fingerprint density at radius 3 is 2.53 bits per heavy atom. The van der Waals surface area contributed by atoms with Gasteiger partial charge in [-0.1, -0.05) is 29.3 Å². The number of carbonyl (C=O) groups is 1. The van der Waals surface area contributed by atoms with Crippen LogP contribution in [0, 0.1) is 0 Å². The van der Waals surface area contributed by atoms with Gasteiger partial charge in [0.05, 0.1) is 10.0 Å². The van der Waals surface area contributed by atoms with Crippen LogP contribution in [0.5, 0.6) is 0 Å². The zero-order chi connectivity index (χ0) is 11.4. The van der Waals surface area contributed by atoms with Gasteiger partial charge in [0.15, 0.2) is 6.10 Å². The number of aliphatic carboxylic acids is 1. The van der Waals surface area contributed by atoms with Gasteiger partial charge < -0.3 is 10.2 Å². The first kappa shape index (κ1) is 12.3. The van der Waals surface area contributed by atoms with Crippen molar-refractivity contribution in [2.45, 2.75) is 18.9 Å². The maximum Gasteiger partial charge on any atom is 0.332 e. The van der Waals surface area contributed by atoms with Crippen molar-refractivity contribution in [3.63, 3.8) is 0 Å². The highest BCUT2D eigenvalue weighted by atomic mass is 35.5. The van der Waals surface area contributed by atoms with E-state index in [0.717, 1.165) is 5.56 Å². The van der Waals surface area contributed by atoms with E-state index in [2.05, 4.69) is 0 Å². The van der Waals surface area contributed by atoms with E-state index in [1.54, 1.807) is 18.2 Å². The molecular formula is C10H10Cl2O3. The summed E-state index contributed by atoms with van der Waals surface area (Å²) >= 11 is 11.5.